The first-order valence-electron chi connectivity index (χ1n) is 0. The molecular formula is H10BaCaFeMgMnSi. The van der Waals surface area contributed by atoms with Gasteiger partial charge in [0, 0.05) is 34.1 Å². The minimum absolute atomic E-state index is 0. The SMILES string of the molecule is [Ba+2].[Ca+2].[Fe].[H-].[H-].[H-].[H-].[H-].[H-].[Mg+2].[Mn].[SiH4]. The van der Waals surface area contributed by atoms with Gasteiger partial charge in [0.1, 0.15) is 0 Å². The van der Waals surface area contributed by atoms with E-state index in [9.17, 15) is 0 Å². The first-order chi connectivity index (χ1) is 0. The Balaban J connectivity index is 0. The van der Waals surface area contributed by atoms with E-state index in [1.165, 1.54) is 0 Å². The molecule has 0 aromatic heterocycles. The molecule has 0 aliphatic heterocycles. The molecule has 1 radical (unpaired) electrons. The molecule has 6 heavy (non-hydrogen) atoms. The second-order valence-corrected chi connectivity index (χ2v) is 0. The Kier molecular flexibility index (Phi) is 244. The molecular weight excluding hydrogens is 341 g/mol. The summed E-state index contributed by atoms with van der Waals surface area (Å²) in [6.07, 6.45) is 0. The second kappa shape index (κ2) is 32.8. The van der Waals surface area contributed by atoms with Gasteiger partial charge >= 0.3 is 110 Å². The maximum absolute atomic E-state index is 0. The van der Waals surface area contributed by atoms with Crippen LogP contribution < -0.4 is 0 Å². The van der Waals surface area contributed by atoms with Crippen LogP contribution in [-0.2, 0) is 34.1 Å². The summed E-state index contributed by atoms with van der Waals surface area (Å²) in [5.74, 6) is 0. The average molecular weight is 351 g/mol. The van der Waals surface area contributed by atoms with Crippen molar-refractivity contribution in [3.05, 3.63) is 0 Å². The summed E-state index contributed by atoms with van der Waals surface area (Å²) in [6, 6.07) is 0. The van der Waals surface area contributed by atoms with Crippen LogP contribution in [0.1, 0.15) is 8.56 Å². The largest absolute Gasteiger partial charge is 2.00 e. The Morgan fingerprint density at radius 1 is 1.17 bits per heavy atom. The van der Waals surface area contributed by atoms with Gasteiger partial charge in [-0.25, -0.2) is 0 Å². The van der Waals surface area contributed by atoms with Gasteiger partial charge in [-0.1, -0.05) is 0 Å². The normalized spacial score (nSPS) is 0. The Labute approximate surface area is 159 Å². The maximum Gasteiger partial charge on any atom is 2.00 e. The molecule has 0 atom stereocenters. The summed E-state index contributed by atoms with van der Waals surface area (Å²) in [7, 11) is 0. The number of hydrogen-bond donors (Lipinski definition) is 0. The molecule has 0 amide bonds. The molecule has 0 aromatic carbocycles. The zero-order valence-electron chi connectivity index (χ0n) is 8.85. The second-order valence-electron chi connectivity index (χ2n) is 0. The van der Waals surface area contributed by atoms with E-state index in [0.717, 1.165) is 0 Å². The predicted molar refractivity (Wildman–Crippen MR) is 35.3 cm³/mol. The van der Waals surface area contributed by atoms with Crippen LogP contribution in [0, 0.1) is 0 Å². The van der Waals surface area contributed by atoms with E-state index in [1.807, 2.05) is 0 Å². The monoisotopic (exact) mass is 351 g/mol. The fraction of sp³-hybridized carbons (Fsp3) is 0. The van der Waals surface area contributed by atoms with E-state index in [0.29, 0.717) is 0 Å². The van der Waals surface area contributed by atoms with Crippen molar-refractivity contribution in [3.8, 4) is 0 Å². The van der Waals surface area contributed by atoms with Crippen LogP contribution in [0.5, 0.6) is 0 Å². The van der Waals surface area contributed by atoms with E-state index in [-0.39, 0.29) is 163 Å². The molecule has 0 saturated carbocycles. The van der Waals surface area contributed by atoms with Crippen LogP contribution in [-0.4, -0.2) is 121 Å². The molecule has 0 nitrogen and oxygen atoms in total. The van der Waals surface area contributed by atoms with Crippen LogP contribution in [0.2, 0.25) is 0 Å². The molecule has 0 heterocycles. The van der Waals surface area contributed by atoms with E-state index in [2.05, 4.69) is 0 Å². The smallest absolute Gasteiger partial charge is 1.00 e. The summed E-state index contributed by atoms with van der Waals surface area (Å²) >= 11 is 0. The quantitative estimate of drug-likeness (QED) is 0.447. The Morgan fingerprint density at radius 3 is 1.17 bits per heavy atom. The topological polar surface area (TPSA) is 0 Å². The predicted octanol–water partition coefficient (Wildman–Crippen LogP) is -1.92. The van der Waals surface area contributed by atoms with Crippen molar-refractivity contribution in [2.45, 2.75) is 0 Å². The zero-order valence-corrected chi connectivity index (χ0v) is 13.2. The van der Waals surface area contributed by atoms with E-state index >= 15 is 0 Å². The van der Waals surface area contributed by atoms with E-state index < -0.39 is 0 Å². The molecule has 35 valence electrons. The fourth-order valence-electron chi connectivity index (χ4n) is 0. The Morgan fingerprint density at radius 2 is 1.17 bits per heavy atom. The van der Waals surface area contributed by atoms with Gasteiger partial charge in [-0.3, -0.25) is 0 Å². The standard InChI is InChI=1S/Ba.Ca.Fe.Mg.Mn.H4Si.6H/h;;;;;1H4;;;;;;/q2*+2;;+2;;;6*-1. The van der Waals surface area contributed by atoms with Crippen LogP contribution >= 0.6 is 0 Å². The molecule has 0 aliphatic carbocycles. The van der Waals surface area contributed by atoms with Crippen LogP contribution in [0.15, 0.2) is 0 Å². The summed E-state index contributed by atoms with van der Waals surface area (Å²) in [5.41, 5.74) is 0. The van der Waals surface area contributed by atoms with Crippen LogP contribution in [0.25, 0.3) is 0 Å². The van der Waals surface area contributed by atoms with Gasteiger partial charge in [-0.05, 0) is 11.0 Å². The van der Waals surface area contributed by atoms with Gasteiger partial charge in [0.15, 0.2) is 0 Å². The maximum atomic E-state index is 0. The molecule has 0 N–H and O–H groups in total. The van der Waals surface area contributed by atoms with Crippen molar-refractivity contribution < 1.29 is 42.7 Å². The molecule has 0 aromatic rings. The van der Waals surface area contributed by atoms with Gasteiger partial charge in [0.2, 0.25) is 0 Å². The summed E-state index contributed by atoms with van der Waals surface area (Å²) < 4.78 is 0. The van der Waals surface area contributed by atoms with Gasteiger partial charge in [0.25, 0.3) is 0 Å². The van der Waals surface area contributed by atoms with Crippen LogP contribution in [0.3, 0.4) is 0 Å². The third kappa shape index (κ3) is 23.2. The van der Waals surface area contributed by atoms with Crippen LogP contribution in [0.4, 0.5) is 0 Å². The molecule has 0 unspecified atom stereocenters. The first kappa shape index (κ1) is 44.7. The van der Waals surface area contributed by atoms with Crippen molar-refractivity contribution in [2.75, 3.05) is 0 Å². The molecule has 0 aliphatic rings. The number of rotatable bonds is 0. The van der Waals surface area contributed by atoms with Gasteiger partial charge in [-0.2, -0.15) is 0 Å². The van der Waals surface area contributed by atoms with Gasteiger partial charge in [0.05, 0.1) is 0 Å². The average Bonchev–Trinajstić information content (AvgIpc) is 0. The summed E-state index contributed by atoms with van der Waals surface area (Å²) in [5, 5.41) is 0. The van der Waals surface area contributed by atoms with Gasteiger partial charge < -0.3 is 8.56 Å². The van der Waals surface area contributed by atoms with E-state index in [1.54, 1.807) is 0 Å². The third-order valence-electron chi connectivity index (χ3n) is 0. The van der Waals surface area contributed by atoms with Crippen molar-refractivity contribution in [1.29, 1.82) is 0 Å². The minimum atomic E-state index is 0. The third-order valence-corrected chi connectivity index (χ3v) is 0. The summed E-state index contributed by atoms with van der Waals surface area (Å²) in [4.78, 5) is 0. The van der Waals surface area contributed by atoms with Crippen molar-refractivity contribution in [3.63, 3.8) is 0 Å². The van der Waals surface area contributed by atoms with Crippen molar-refractivity contribution in [1.82, 2.24) is 0 Å². The molecule has 0 saturated heterocycles. The fourth-order valence-corrected chi connectivity index (χ4v) is 0. The zero-order chi connectivity index (χ0) is 0. The number of hydrogen-bond acceptors (Lipinski definition) is 0. The summed E-state index contributed by atoms with van der Waals surface area (Å²) in [6.45, 7) is 0. The minimum Gasteiger partial charge on any atom is -1.00 e. The first-order valence-corrected chi connectivity index (χ1v) is 0. The van der Waals surface area contributed by atoms with Gasteiger partial charge in [-0.15, -0.1) is 0 Å². The molecule has 0 rings (SSSR count). The molecule has 6 heteroatoms. The Bertz CT molecular complexity index is 27.5. The molecule has 0 spiro atoms. The van der Waals surface area contributed by atoms with Crippen molar-refractivity contribution >= 4 is 121 Å². The molecule has 0 fully saturated rings. The van der Waals surface area contributed by atoms with E-state index in [4.69, 9.17) is 0 Å². The Hall–Kier alpha value is 4.85. The molecule has 0 bridgehead atoms. The van der Waals surface area contributed by atoms with Crippen molar-refractivity contribution in [2.24, 2.45) is 0 Å².